The van der Waals surface area contributed by atoms with E-state index in [1.807, 2.05) is 5.38 Å². The lowest BCUT2D eigenvalue weighted by Gasteiger charge is -2.18. The highest BCUT2D eigenvalue weighted by Gasteiger charge is 2.31. The summed E-state index contributed by atoms with van der Waals surface area (Å²) < 4.78 is 38.2. The second kappa shape index (κ2) is 5.20. The van der Waals surface area contributed by atoms with E-state index < -0.39 is 17.8 Å². The molecule has 2 aromatic rings. The Kier molecular flexibility index (Phi) is 3.79. The molecule has 0 saturated carbocycles. The minimum Gasteiger partial charge on any atom is -0.398 e. The molecule has 0 spiro atoms. The van der Waals surface area contributed by atoms with E-state index in [4.69, 9.17) is 11.6 Å². The highest BCUT2D eigenvalue weighted by molar-refractivity contribution is 7.10. The molecule has 3 nitrogen and oxygen atoms in total. The number of halogens is 3. The van der Waals surface area contributed by atoms with Gasteiger partial charge in [0.15, 0.2) is 0 Å². The number of thiophene rings is 1. The Hall–Kier alpha value is -1.57. The maximum atomic E-state index is 12.7. The molecule has 0 aliphatic rings. The Bertz CT molecular complexity index is 552. The molecule has 0 bridgehead atoms. The maximum absolute atomic E-state index is 12.7. The summed E-state index contributed by atoms with van der Waals surface area (Å²) in [5, 5.41) is 1.82. The molecule has 1 unspecified atom stereocenters. The van der Waals surface area contributed by atoms with Crippen molar-refractivity contribution in [3.05, 3.63) is 51.7 Å². The van der Waals surface area contributed by atoms with Crippen LogP contribution in [0.3, 0.4) is 0 Å². The van der Waals surface area contributed by atoms with Crippen molar-refractivity contribution >= 4 is 17.0 Å². The first kappa shape index (κ1) is 13.9. The van der Waals surface area contributed by atoms with E-state index in [1.54, 1.807) is 12.1 Å². The van der Waals surface area contributed by atoms with Gasteiger partial charge in [0, 0.05) is 10.6 Å². The van der Waals surface area contributed by atoms with Crippen LogP contribution in [0.2, 0.25) is 0 Å². The number of rotatable bonds is 3. The molecule has 19 heavy (non-hydrogen) atoms. The van der Waals surface area contributed by atoms with Crippen LogP contribution in [0.25, 0.3) is 0 Å². The third-order valence-corrected chi connectivity index (χ3v) is 3.66. The van der Waals surface area contributed by atoms with Gasteiger partial charge in [-0.15, -0.1) is 11.3 Å². The van der Waals surface area contributed by atoms with Gasteiger partial charge in [-0.3, -0.25) is 5.84 Å². The van der Waals surface area contributed by atoms with Crippen LogP contribution >= 0.6 is 11.3 Å². The van der Waals surface area contributed by atoms with Gasteiger partial charge in [-0.25, -0.2) is 5.43 Å². The van der Waals surface area contributed by atoms with Gasteiger partial charge in [0.2, 0.25) is 0 Å². The molecule has 0 aliphatic carbocycles. The number of benzene rings is 1. The average molecular weight is 287 g/mol. The van der Waals surface area contributed by atoms with Crippen molar-refractivity contribution in [3.63, 3.8) is 0 Å². The number of nitrogens with one attached hydrogen (secondary N) is 1. The van der Waals surface area contributed by atoms with Crippen LogP contribution in [0.5, 0.6) is 0 Å². The summed E-state index contributed by atoms with van der Waals surface area (Å²) >= 11 is 1.39. The van der Waals surface area contributed by atoms with E-state index in [0.717, 1.165) is 17.0 Å². The Morgan fingerprint density at radius 1 is 1.21 bits per heavy atom. The molecule has 0 saturated heterocycles. The van der Waals surface area contributed by atoms with Crippen LogP contribution in [0.15, 0.2) is 35.7 Å². The lowest BCUT2D eigenvalue weighted by Crippen LogP contribution is -2.29. The fourth-order valence-electron chi connectivity index (χ4n) is 1.78. The standard InChI is InChI=1S/C12H12F3N3S/c13-12(14,15)7-3-4-9(16)8(6-7)11(18-17)10-2-1-5-19-10/h1-6,11,18H,16-17H2. The number of hydrazine groups is 1. The second-order valence-electron chi connectivity index (χ2n) is 3.96. The summed E-state index contributed by atoms with van der Waals surface area (Å²) in [5.74, 6) is 5.44. The van der Waals surface area contributed by atoms with E-state index in [0.29, 0.717) is 5.56 Å². The summed E-state index contributed by atoms with van der Waals surface area (Å²) in [5.41, 5.74) is 8.11. The van der Waals surface area contributed by atoms with Gasteiger partial charge in [0.25, 0.3) is 0 Å². The molecule has 7 heteroatoms. The molecule has 5 N–H and O–H groups in total. The van der Waals surface area contributed by atoms with Crippen molar-refractivity contribution in [1.29, 1.82) is 0 Å². The van der Waals surface area contributed by atoms with E-state index in [1.165, 1.54) is 17.4 Å². The van der Waals surface area contributed by atoms with Crippen LogP contribution in [0.1, 0.15) is 22.0 Å². The van der Waals surface area contributed by atoms with Crippen molar-refractivity contribution in [2.24, 2.45) is 5.84 Å². The molecule has 0 radical (unpaired) electrons. The first-order valence-corrected chi connectivity index (χ1v) is 6.27. The van der Waals surface area contributed by atoms with Gasteiger partial charge in [-0.2, -0.15) is 13.2 Å². The summed E-state index contributed by atoms with van der Waals surface area (Å²) in [6.45, 7) is 0. The topological polar surface area (TPSA) is 64.1 Å². The molecule has 102 valence electrons. The molecule has 0 fully saturated rings. The summed E-state index contributed by atoms with van der Waals surface area (Å²) in [7, 11) is 0. The predicted octanol–water partition coefficient (Wildman–Crippen LogP) is 2.90. The van der Waals surface area contributed by atoms with Crippen molar-refractivity contribution in [1.82, 2.24) is 5.43 Å². The molecule has 1 aromatic carbocycles. The van der Waals surface area contributed by atoms with Gasteiger partial charge >= 0.3 is 6.18 Å². The van der Waals surface area contributed by atoms with E-state index in [-0.39, 0.29) is 5.69 Å². The normalized spacial score (nSPS) is 13.5. The van der Waals surface area contributed by atoms with Gasteiger partial charge in [0.05, 0.1) is 11.6 Å². The quantitative estimate of drug-likeness (QED) is 0.462. The van der Waals surface area contributed by atoms with Crippen LogP contribution in [0, 0.1) is 0 Å². The lowest BCUT2D eigenvalue weighted by atomic mass is 10.0. The minimum atomic E-state index is -4.41. The number of nitrogens with two attached hydrogens (primary N) is 2. The third-order valence-electron chi connectivity index (χ3n) is 2.72. The Morgan fingerprint density at radius 2 is 1.95 bits per heavy atom. The van der Waals surface area contributed by atoms with Crippen LogP contribution in [-0.4, -0.2) is 0 Å². The van der Waals surface area contributed by atoms with E-state index in [9.17, 15) is 13.2 Å². The van der Waals surface area contributed by atoms with Crippen molar-refractivity contribution in [2.45, 2.75) is 12.2 Å². The highest BCUT2D eigenvalue weighted by Crippen LogP contribution is 2.35. The second-order valence-corrected chi connectivity index (χ2v) is 4.94. The number of hydrogen-bond donors (Lipinski definition) is 3. The SMILES string of the molecule is NNC(c1cccs1)c1cc(C(F)(F)F)ccc1N. The van der Waals surface area contributed by atoms with Gasteiger partial charge in [-0.1, -0.05) is 6.07 Å². The molecular weight excluding hydrogens is 275 g/mol. The number of hydrogen-bond acceptors (Lipinski definition) is 4. The third kappa shape index (κ3) is 2.89. The largest absolute Gasteiger partial charge is 0.416 e. The molecule has 0 aliphatic heterocycles. The van der Waals surface area contributed by atoms with Crippen LogP contribution < -0.4 is 17.0 Å². The summed E-state index contributed by atoms with van der Waals surface area (Å²) in [6.07, 6.45) is -4.41. The molecule has 1 atom stereocenters. The van der Waals surface area contributed by atoms with E-state index >= 15 is 0 Å². The zero-order chi connectivity index (χ0) is 14.0. The molecular formula is C12H12F3N3S. The Morgan fingerprint density at radius 3 is 2.47 bits per heavy atom. The molecule has 2 rings (SSSR count). The molecule has 1 aromatic heterocycles. The highest BCUT2D eigenvalue weighted by atomic mass is 32.1. The summed E-state index contributed by atoms with van der Waals surface area (Å²) in [6, 6.07) is 6.27. The first-order chi connectivity index (χ1) is 8.93. The Balaban J connectivity index is 2.48. The smallest absolute Gasteiger partial charge is 0.398 e. The Labute approximate surface area is 112 Å². The maximum Gasteiger partial charge on any atom is 0.416 e. The van der Waals surface area contributed by atoms with E-state index in [2.05, 4.69) is 5.43 Å². The van der Waals surface area contributed by atoms with Crippen LogP contribution in [0.4, 0.5) is 18.9 Å². The zero-order valence-electron chi connectivity index (χ0n) is 9.74. The van der Waals surface area contributed by atoms with Gasteiger partial charge in [-0.05, 0) is 35.2 Å². The predicted molar refractivity (Wildman–Crippen MR) is 69.3 cm³/mol. The molecule has 0 amide bonds. The number of alkyl halides is 3. The number of nitrogen functional groups attached to an aromatic ring is 1. The first-order valence-electron chi connectivity index (χ1n) is 5.39. The van der Waals surface area contributed by atoms with Crippen molar-refractivity contribution in [2.75, 3.05) is 5.73 Å². The van der Waals surface area contributed by atoms with Crippen molar-refractivity contribution in [3.8, 4) is 0 Å². The van der Waals surface area contributed by atoms with Crippen molar-refractivity contribution < 1.29 is 13.2 Å². The zero-order valence-corrected chi connectivity index (χ0v) is 10.6. The fraction of sp³-hybridized carbons (Fsp3) is 0.167. The van der Waals surface area contributed by atoms with Crippen LogP contribution in [-0.2, 0) is 6.18 Å². The average Bonchev–Trinajstić information content (AvgIpc) is 2.84. The lowest BCUT2D eigenvalue weighted by molar-refractivity contribution is -0.137. The van der Waals surface area contributed by atoms with Gasteiger partial charge < -0.3 is 5.73 Å². The fourth-order valence-corrected chi connectivity index (χ4v) is 2.58. The summed E-state index contributed by atoms with van der Waals surface area (Å²) in [4.78, 5) is 0.800. The monoisotopic (exact) mass is 287 g/mol. The number of anilines is 1. The molecule has 1 heterocycles. The van der Waals surface area contributed by atoms with Gasteiger partial charge in [0.1, 0.15) is 0 Å². The minimum absolute atomic E-state index is 0.268.